The monoisotopic (exact) mass is 263 g/mol. The van der Waals surface area contributed by atoms with Gasteiger partial charge in [0.1, 0.15) is 5.69 Å². The van der Waals surface area contributed by atoms with Crippen molar-refractivity contribution in [2.45, 2.75) is 26.2 Å². The Morgan fingerprint density at radius 2 is 2.21 bits per heavy atom. The number of nitrogens with one attached hydrogen (secondary N) is 1. The molecule has 1 aliphatic rings. The topological polar surface area (TPSA) is 98.3 Å². The molecule has 0 unspecified atom stereocenters. The standard InChI is InChI=1S/C13H17N3O3/c1-2-13(5-6-13)8-15-10-4-3-9(12(14)17)7-11(10)16(18)19/h3-4,7,15H,2,5-6,8H2,1H3,(H2,14,17). The molecular formula is C13H17N3O3. The Balaban J connectivity index is 2.19. The minimum Gasteiger partial charge on any atom is -0.379 e. The summed E-state index contributed by atoms with van der Waals surface area (Å²) in [6.45, 7) is 2.85. The van der Waals surface area contributed by atoms with Crippen molar-refractivity contribution < 1.29 is 9.72 Å². The van der Waals surface area contributed by atoms with Gasteiger partial charge in [0.15, 0.2) is 0 Å². The second-order valence-corrected chi connectivity index (χ2v) is 5.06. The smallest absolute Gasteiger partial charge is 0.293 e. The van der Waals surface area contributed by atoms with Gasteiger partial charge in [-0.15, -0.1) is 0 Å². The third-order valence-electron chi connectivity index (χ3n) is 3.84. The van der Waals surface area contributed by atoms with Crippen LogP contribution in [0.1, 0.15) is 36.5 Å². The van der Waals surface area contributed by atoms with E-state index >= 15 is 0 Å². The van der Waals surface area contributed by atoms with Gasteiger partial charge in [-0.05, 0) is 36.8 Å². The van der Waals surface area contributed by atoms with Crippen molar-refractivity contribution in [3.05, 3.63) is 33.9 Å². The van der Waals surface area contributed by atoms with Crippen LogP contribution in [0, 0.1) is 15.5 Å². The number of nitro groups is 1. The third-order valence-corrected chi connectivity index (χ3v) is 3.84. The Kier molecular flexibility index (Phi) is 3.42. The van der Waals surface area contributed by atoms with E-state index in [1.807, 2.05) is 0 Å². The molecule has 19 heavy (non-hydrogen) atoms. The minimum absolute atomic E-state index is 0.108. The van der Waals surface area contributed by atoms with Crippen LogP contribution in [-0.4, -0.2) is 17.4 Å². The molecule has 1 amide bonds. The molecule has 1 fully saturated rings. The summed E-state index contributed by atoms with van der Waals surface area (Å²) < 4.78 is 0. The summed E-state index contributed by atoms with van der Waals surface area (Å²) in [5, 5.41) is 14.1. The van der Waals surface area contributed by atoms with Crippen LogP contribution in [0.4, 0.5) is 11.4 Å². The van der Waals surface area contributed by atoms with Crippen LogP contribution in [0.15, 0.2) is 18.2 Å². The van der Waals surface area contributed by atoms with Crippen LogP contribution in [0.3, 0.4) is 0 Å². The van der Waals surface area contributed by atoms with Crippen LogP contribution in [0.2, 0.25) is 0 Å². The van der Waals surface area contributed by atoms with Crippen LogP contribution >= 0.6 is 0 Å². The lowest BCUT2D eigenvalue weighted by atomic mass is 10.0. The average Bonchev–Trinajstić information content (AvgIpc) is 3.16. The molecule has 2 rings (SSSR count). The summed E-state index contributed by atoms with van der Waals surface area (Å²) in [6, 6.07) is 4.27. The highest BCUT2D eigenvalue weighted by atomic mass is 16.6. The number of nitrogens with two attached hydrogens (primary N) is 1. The van der Waals surface area contributed by atoms with E-state index in [9.17, 15) is 14.9 Å². The zero-order valence-corrected chi connectivity index (χ0v) is 10.8. The number of rotatable bonds is 6. The Morgan fingerprint density at radius 3 is 2.68 bits per heavy atom. The number of amides is 1. The first kappa shape index (κ1) is 13.3. The van der Waals surface area contributed by atoms with Crippen molar-refractivity contribution in [3.8, 4) is 0 Å². The second kappa shape index (κ2) is 4.87. The molecule has 6 nitrogen and oxygen atoms in total. The van der Waals surface area contributed by atoms with Gasteiger partial charge in [-0.25, -0.2) is 0 Å². The molecule has 6 heteroatoms. The van der Waals surface area contributed by atoms with E-state index < -0.39 is 10.8 Å². The second-order valence-electron chi connectivity index (χ2n) is 5.06. The summed E-state index contributed by atoms with van der Waals surface area (Å²) in [5.74, 6) is -0.665. The van der Waals surface area contributed by atoms with E-state index in [2.05, 4.69) is 12.2 Å². The Morgan fingerprint density at radius 1 is 1.53 bits per heavy atom. The van der Waals surface area contributed by atoms with Crippen LogP contribution in [0.25, 0.3) is 0 Å². The van der Waals surface area contributed by atoms with Gasteiger partial charge >= 0.3 is 0 Å². The molecular weight excluding hydrogens is 246 g/mol. The number of nitrogens with zero attached hydrogens (tertiary/aromatic N) is 1. The zero-order chi connectivity index (χ0) is 14.0. The summed E-state index contributed by atoms with van der Waals surface area (Å²) in [7, 11) is 0. The molecule has 1 aromatic carbocycles. The first-order valence-corrected chi connectivity index (χ1v) is 6.29. The first-order chi connectivity index (χ1) is 8.97. The van der Waals surface area contributed by atoms with Gasteiger partial charge in [0.2, 0.25) is 5.91 Å². The number of hydrogen-bond acceptors (Lipinski definition) is 4. The van der Waals surface area contributed by atoms with Gasteiger partial charge < -0.3 is 11.1 Å². The molecule has 1 saturated carbocycles. The van der Waals surface area contributed by atoms with Crippen molar-refractivity contribution in [2.24, 2.45) is 11.1 Å². The molecule has 1 aromatic rings. The van der Waals surface area contributed by atoms with Gasteiger partial charge in [0.25, 0.3) is 5.69 Å². The normalized spacial score (nSPS) is 15.8. The molecule has 0 aliphatic heterocycles. The maximum Gasteiger partial charge on any atom is 0.293 e. The highest BCUT2D eigenvalue weighted by molar-refractivity contribution is 5.94. The number of carbonyl (C=O) groups is 1. The molecule has 0 radical (unpaired) electrons. The molecule has 1 aliphatic carbocycles. The van der Waals surface area contributed by atoms with Crippen LogP contribution in [-0.2, 0) is 0 Å². The van der Waals surface area contributed by atoms with E-state index in [1.165, 1.54) is 12.1 Å². The largest absolute Gasteiger partial charge is 0.379 e. The predicted molar refractivity (Wildman–Crippen MR) is 72.1 cm³/mol. The molecule has 0 bridgehead atoms. The van der Waals surface area contributed by atoms with Crippen molar-refractivity contribution in [2.75, 3.05) is 11.9 Å². The quantitative estimate of drug-likeness (QED) is 0.607. The van der Waals surface area contributed by atoms with E-state index in [-0.39, 0.29) is 16.7 Å². The van der Waals surface area contributed by atoms with E-state index in [4.69, 9.17) is 5.73 Å². The number of benzene rings is 1. The lowest BCUT2D eigenvalue weighted by molar-refractivity contribution is -0.384. The number of anilines is 1. The van der Waals surface area contributed by atoms with E-state index in [1.54, 1.807) is 6.07 Å². The number of carbonyl (C=O) groups excluding carboxylic acids is 1. The molecule has 0 spiro atoms. The molecule has 0 heterocycles. The fourth-order valence-corrected chi connectivity index (χ4v) is 2.10. The highest BCUT2D eigenvalue weighted by Crippen LogP contribution is 2.48. The summed E-state index contributed by atoms with van der Waals surface area (Å²) in [6.07, 6.45) is 3.38. The SMILES string of the molecule is CCC1(CNc2ccc(C(N)=O)cc2[N+](=O)[O-])CC1. The van der Waals surface area contributed by atoms with Crippen LogP contribution < -0.4 is 11.1 Å². The molecule has 0 aromatic heterocycles. The maximum atomic E-state index is 11.0. The van der Waals surface area contributed by atoms with Gasteiger partial charge in [0.05, 0.1) is 4.92 Å². The maximum absolute atomic E-state index is 11.0. The number of nitro benzene ring substituents is 1. The zero-order valence-electron chi connectivity index (χ0n) is 10.8. The Labute approximate surface area is 111 Å². The molecule has 102 valence electrons. The predicted octanol–water partition coefficient (Wildman–Crippen LogP) is 2.30. The van der Waals surface area contributed by atoms with Crippen molar-refractivity contribution >= 4 is 17.3 Å². The average molecular weight is 263 g/mol. The van der Waals surface area contributed by atoms with Crippen molar-refractivity contribution in [1.29, 1.82) is 0 Å². The fourth-order valence-electron chi connectivity index (χ4n) is 2.10. The third kappa shape index (κ3) is 2.83. The molecule has 0 atom stereocenters. The highest BCUT2D eigenvalue weighted by Gasteiger charge is 2.40. The fraction of sp³-hybridized carbons (Fsp3) is 0.462. The van der Waals surface area contributed by atoms with Gasteiger partial charge in [-0.1, -0.05) is 6.92 Å². The minimum atomic E-state index is -0.665. The van der Waals surface area contributed by atoms with E-state index in [0.717, 1.165) is 25.8 Å². The lowest BCUT2D eigenvalue weighted by Crippen LogP contribution is -2.16. The number of hydrogen-bond donors (Lipinski definition) is 2. The van der Waals surface area contributed by atoms with Gasteiger partial charge in [0, 0.05) is 18.2 Å². The summed E-state index contributed by atoms with van der Waals surface area (Å²) in [4.78, 5) is 21.6. The van der Waals surface area contributed by atoms with Gasteiger partial charge in [-0.3, -0.25) is 14.9 Å². The summed E-state index contributed by atoms with van der Waals surface area (Å²) >= 11 is 0. The lowest BCUT2D eigenvalue weighted by Gasteiger charge is -2.14. The van der Waals surface area contributed by atoms with Gasteiger partial charge in [-0.2, -0.15) is 0 Å². The molecule has 0 saturated heterocycles. The Hall–Kier alpha value is -2.11. The van der Waals surface area contributed by atoms with E-state index in [0.29, 0.717) is 5.69 Å². The van der Waals surface area contributed by atoms with Crippen LogP contribution in [0.5, 0.6) is 0 Å². The first-order valence-electron chi connectivity index (χ1n) is 6.29. The van der Waals surface area contributed by atoms with Crippen molar-refractivity contribution in [3.63, 3.8) is 0 Å². The molecule has 3 N–H and O–H groups in total. The van der Waals surface area contributed by atoms with Crippen molar-refractivity contribution in [1.82, 2.24) is 0 Å². The Bertz CT molecular complexity index is 524. The number of primary amides is 1. The summed E-state index contributed by atoms with van der Waals surface area (Å²) in [5.41, 5.74) is 5.89.